The van der Waals surface area contributed by atoms with Gasteiger partial charge in [0.2, 0.25) is 0 Å². The van der Waals surface area contributed by atoms with Crippen molar-refractivity contribution in [1.82, 2.24) is 0 Å². The lowest BCUT2D eigenvalue weighted by molar-refractivity contribution is -0.846. The van der Waals surface area contributed by atoms with E-state index in [9.17, 15) is 0 Å². The van der Waals surface area contributed by atoms with Crippen LogP contribution in [0.1, 0.15) is 13.8 Å². The van der Waals surface area contributed by atoms with E-state index < -0.39 is 0 Å². The second kappa shape index (κ2) is 3.30. The van der Waals surface area contributed by atoms with E-state index in [4.69, 9.17) is 0 Å². The minimum atomic E-state index is 0.513. The number of rotatable bonds is 0. The van der Waals surface area contributed by atoms with Crippen molar-refractivity contribution in [2.45, 2.75) is 13.8 Å². The van der Waals surface area contributed by atoms with Gasteiger partial charge < -0.3 is 0 Å². The average Bonchev–Trinajstić information content (AvgIpc) is 1.96. The highest BCUT2D eigenvalue weighted by Crippen LogP contribution is 2.15. The van der Waals surface area contributed by atoms with E-state index in [1.54, 1.807) is 0 Å². The lowest BCUT2D eigenvalue weighted by Gasteiger charge is -2.29. The van der Waals surface area contributed by atoms with Crippen molar-refractivity contribution >= 4 is 0 Å². The zero-order valence-electron chi connectivity index (χ0n) is 8.46. The molecule has 0 amide bonds. The minimum Gasteiger partial charge on any atom is -0.296 e. The van der Waals surface area contributed by atoms with Crippen molar-refractivity contribution in [3.63, 3.8) is 0 Å². The lowest BCUT2D eigenvalue weighted by Crippen LogP contribution is -2.37. The highest BCUT2D eigenvalue weighted by molar-refractivity contribution is 5.04. The Morgan fingerprint density at radius 1 is 1.50 bits per heavy atom. The molecule has 1 aliphatic heterocycles. The molecule has 0 aromatic carbocycles. The van der Waals surface area contributed by atoms with Crippen molar-refractivity contribution in [3.05, 3.63) is 29.7 Å². The molecule has 1 nitrogen and oxygen atoms in total. The van der Waals surface area contributed by atoms with Gasteiger partial charge in [0.25, 0.3) is 0 Å². The number of nitrogens with zero attached hydrogens (tertiary/aromatic N) is 1. The molecule has 1 heterocycles. The normalized spacial score (nSPS) is 27.7. The van der Waals surface area contributed by atoms with E-state index >= 15 is 0 Å². The molecule has 1 atom stereocenters. The van der Waals surface area contributed by atoms with Gasteiger partial charge in [0, 0.05) is 18.9 Å². The summed E-state index contributed by atoms with van der Waals surface area (Å²) < 4.78 is 0.950. The summed E-state index contributed by atoms with van der Waals surface area (Å²) in [5.74, 6) is 0.513. The Balaban J connectivity index is 2.99. The van der Waals surface area contributed by atoms with E-state index in [1.165, 1.54) is 5.70 Å². The Kier molecular flexibility index (Phi) is 2.56. The molecule has 0 aromatic heterocycles. The number of allylic oxidation sites excluding steroid dienone is 2. The van der Waals surface area contributed by atoms with Crippen LogP contribution < -0.4 is 0 Å². The smallest absolute Gasteiger partial charge is 0.109 e. The van der Waals surface area contributed by atoms with Gasteiger partial charge in [0.05, 0.1) is 14.1 Å². The van der Waals surface area contributed by atoms with Crippen LogP contribution in [-0.2, 0) is 0 Å². The van der Waals surface area contributed by atoms with Gasteiger partial charge in [-0.25, -0.2) is 0 Å². The highest BCUT2D eigenvalue weighted by Gasteiger charge is 2.17. The fourth-order valence-corrected chi connectivity index (χ4v) is 1.28. The molecule has 0 bridgehead atoms. The monoisotopic (exact) mass is 164 g/mol. The maximum absolute atomic E-state index is 3.20. The Hall–Kier alpha value is -0.780. The summed E-state index contributed by atoms with van der Waals surface area (Å²) in [6.45, 7) is 5.42. The summed E-state index contributed by atoms with van der Waals surface area (Å²) in [6.07, 6.45) is 6.54. The van der Waals surface area contributed by atoms with Crippen molar-refractivity contribution in [1.29, 1.82) is 0 Å². The van der Waals surface area contributed by atoms with Crippen LogP contribution in [0.15, 0.2) is 29.7 Å². The van der Waals surface area contributed by atoms with Gasteiger partial charge in [-0.05, 0) is 12.2 Å². The van der Waals surface area contributed by atoms with Crippen molar-refractivity contribution in [3.8, 4) is 0 Å². The summed E-state index contributed by atoms with van der Waals surface area (Å²) >= 11 is 0. The van der Waals surface area contributed by atoms with Crippen LogP contribution in [0.3, 0.4) is 0 Å². The fourth-order valence-electron chi connectivity index (χ4n) is 1.28. The van der Waals surface area contributed by atoms with Crippen molar-refractivity contribution in [2.24, 2.45) is 5.92 Å². The number of hydrogen-bond donors (Lipinski definition) is 0. The van der Waals surface area contributed by atoms with E-state index in [0.717, 1.165) is 11.0 Å². The maximum Gasteiger partial charge on any atom is 0.109 e. The van der Waals surface area contributed by atoms with Gasteiger partial charge in [0.1, 0.15) is 12.2 Å². The van der Waals surface area contributed by atoms with Crippen LogP contribution in [-0.4, -0.2) is 25.1 Å². The quantitative estimate of drug-likeness (QED) is 0.381. The van der Waals surface area contributed by atoms with Gasteiger partial charge in [-0.2, -0.15) is 0 Å². The Labute approximate surface area is 75.3 Å². The summed E-state index contributed by atoms with van der Waals surface area (Å²) in [7, 11) is 4.45. The van der Waals surface area contributed by atoms with Crippen LogP contribution >= 0.6 is 0 Å². The standard InChI is InChI=1S/C11H18N/c1-10-7-5-6-8-12(3,4)11(2)9-10/h6-7,9-10H,8H2,1-4H3/q+1. The van der Waals surface area contributed by atoms with Gasteiger partial charge in [0.15, 0.2) is 0 Å². The maximum atomic E-state index is 3.20. The average molecular weight is 164 g/mol. The Morgan fingerprint density at radius 3 is 2.83 bits per heavy atom. The Bertz CT molecular complexity index is 252. The molecular weight excluding hydrogens is 146 g/mol. The molecule has 0 radical (unpaired) electrons. The van der Waals surface area contributed by atoms with E-state index in [1.807, 2.05) is 0 Å². The zero-order chi connectivity index (χ0) is 9.19. The highest BCUT2D eigenvalue weighted by atomic mass is 15.3. The summed E-state index contributed by atoms with van der Waals surface area (Å²) in [6, 6.07) is 0. The summed E-state index contributed by atoms with van der Waals surface area (Å²) in [4.78, 5) is 0. The topological polar surface area (TPSA) is 0 Å². The zero-order valence-corrected chi connectivity index (χ0v) is 8.46. The molecule has 0 spiro atoms. The first kappa shape index (κ1) is 9.31. The van der Waals surface area contributed by atoms with Gasteiger partial charge in [-0.3, -0.25) is 4.48 Å². The molecule has 0 saturated heterocycles. The predicted octanol–water partition coefficient (Wildman–Crippen LogP) is 2.33. The van der Waals surface area contributed by atoms with Gasteiger partial charge >= 0.3 is 0 Å². The minimum absolute atomic E-state index is 0.513. The number of likely N-dealkylation sites (N-methyl/N-ethyl adjacent to an activating group) is 1. The third-order valence-electron chi connectivity index (χ3n) is 2.48. The first-order valence-electron chi connectivity index (χ1n) is 4.45. The SMILES string of the molecule is CC1=CC(C)C=C=CC[N+]1(C)C. The molecule has 0 saturated carbocycles. The largest absolute Gasteiger partial charge is 0.296 e. The van der Waals surface area contributed by atoms with Gasteiger partial charge in [-0.1, -0.05) is 6.92 Å². The second-order valence-electron chi connectivity index (χ2n) is 4.07. The van der Waals surface area contributed by atoms with E-state index in [-0.39, 0.29) is 0 Å². The molecule has 1 heteroatoms. The summed E-state index contributed by atoms with van der Waals surface area (Å²) in [5, 5.41) is 0. The predicted molar refractivity (Wildman–Crippen MR) is 52.5 cm³/mol. The fraction of sp³-hybridized carbons (Fsp3) is 0.545. The van der Waals surface area contributed by atoms with Crippen LogP contribution in [0, 0.1) is 5.92 Å². The molecule has 0 aliphatic carbocycles. The first-order chi connectivity index (χ1) is 5.52. The number of hydrogen-bond acceptors (Lipinski definition) is 0. The second-order valence-corrected chi connectivity index (χ2v) is 4.07. The molecule has 1 rings (SSSR count). The van der Waals surface area contributed by atoms with Crippen LogP contribution in [0.4, 0.5) is 0 Å². The molecule has 0 fully saturated rings. The van der Waals surface area contributed by atoms with Crippen LogP contribution in [0.5, 0.6) is 0 Å². The first-order valence-corrected chi connectivity index (χ1v) is 4.45. The van der Waals surface area contributed by atoms with Gasteiger partial charge in [-0.15, -0.1) is 5.73 Å². The van der Waals surface area contributed by atoms with E-state index in [2.05, 4.69) is 51.9 Å². The summed E-state index contributed by atoms with van der Waals surface area (Å²) in [5.41, 5.74) is 4.63. The third-order valence-corrected chi connectivity index (χ3v) is 2.48. The Morgan fingerprint density at radius 2 is 2.17 bits per heavy atom. The molecule has 0 aromatic rings. The molecule has 66 valence electrons. The van der Waals surface area contributed by atoms with Crippen LogP contribution in [0.25, 0.3) is 0 Å². The number of quaternary nitrogens is 1. The molecule has 12 heavy (non-hydrogen) atoms. The van der Waals surface area contributed by atoms with Crippen LogP contribution in [0.2, 0.25) is 0 Å². The van der Waals surface area contributed by atoms with Crippen molar-refractivity contribution < 1.29 is 4.48 Å². The molecule has 1 aliphatic rings. The van der Waals surface area contributed by atoms with Crippen molar-refractivity contribution in [2.75, 3.05) is 20.6 Å². The molecule has 0 N–H and O–H groups in total. The third kappa shape index (κ3) is 2.10. The molecular formula is C11H18N+. The molecule has 1 unspecified atom stereocenters. The lowest BCUT2D eigenvalue weighted by atomic mass is 10.1. The van der Waals surface area contributed by atoms with E-state index in [0.29, 0.717) is 5.92 Å².